The van der Waals surface area contributed by atoms with Crippen LogP contribution in [-0.4, -0.2) is 36.8 Å². The Morgan fingerprint density at radius 2 is 2.36 bits per heavy atom. The van der Waals surface area contributed by atoms with Crippen LogP contribution in [0.25, 0.3) is 0 Å². The third kappa shape index (κ3) is 2.60. The fourth-order valence-electron chi connectivity index (χ4n) is 1.34. The number of hydrogen-bond donors (Lipinski definition) is 2. The summed E-state index contributed by atoms with van der Waals surface area (Å²) >= 11 is 0. The number of hydrogen-bond acceptors (Lipinski definition) is 4. The molecule has 2 N–H and O–H groups in total. The van der Waals surface area contributed by atoms with Gasteiger partial charge in [0.05, 0.1) is 6.61 Å². The molecule has 0 amide bonds. The van der Waals surface area contributed by atoms with Crippen molar-refractivity contribution in [1.29, 1.82) is 0 Å². The molecule has 0 fully saturated rings. The topological polar surface area (TPSA) is 48.4 Å². The predicted octanol–water partition coefficient (Wildman–Crippen LogP) is 0.942. The van der Waals surface area contributed by atoms with E-state index in [0.717, 1.165) is 18.1 Å². The van der Waals surface area contributed by atoms with Crippen LogP contribution in [0.1, 0.15) is 6.92 Å². The van der Waals surface area contributed by atoms with Crippen LogP contribution < -0.4 is 10.2 Å². The van der Waals surface area contributed by atoms with Gasteiger partial charge >= 0.3 is 0 Å². The number of aliphatic hydroxyl groups excluding tert-OH is 1. The molecule has 0 saturated heterocycles. The largest absolute Gasteiger partial charge is 0.395 e. The molecule has 4 heteroatoms. The molecular weight excluding hydrogens is 178 g/mol. The van der Waals surface area contributed by atoms with E-state index in [1.165, 1.54) is 0 Å². The summed E-state index contributed by atoms with van der Waals surface area (Å²) in [5, 5.41) is 11.9. The minimum absolute atomic E-state index is 0.172. The number of anilines is 2. The molecule has 0 saturated carbocycles. The minimum atomic E-state index is 0.172. The highest BCUT2D eigenvalue weighted by Crippen LogP contribution is 2.16. The second-order valence-corrected chi connectivity index (χ2v) is 2.95. The van der Waals surface area contributed by atoms with Gasteiger partial charge in [-0.25, -0.2) is 4.98 Å². The van der Waals surface area contributed by atoms with Crippen LogP contribution in [-0.2, 0) is 0 Å². The van der Waals surface area contributed by atoms with Gasteiger partial charge in [0.25, 0.3) is 0 Å². The number of nitrogens with zero attached hydrogens (tertiary/aromatic N) is 2. The molecule has 0 aliphatic carbocycles. The molecular formula is C10H17N3O. The Bertz CT molecular complexity index is 278. The molecule has 0 aromatic carbocycles. The quantitative estimate of drug-likeness (QED) is 0.734. The molecule has 1 rings (SSSR count). The number of nitrogens with one attached hydrogen (secondary N) is 1. The van der Waals surface area contributed by atoms with Crippen molar-refractivity contribution in [2.75, 3.05) is 37.0 Å². The summed E-state index contributed by atoms with van der Waals surface area (Å²) in [4.78, 5) is 6.23. The molecule has 0 atom stereocenters. The summed E-state index contributed by atoms with van der Waals surface area (Å²) < 4.78 is 0. The lowest BCUT2D eigenvalue weighted by Gasteiger charge is -2.22. The Labute approximate surface area is 84.6 Å². The maximum Gasteiger partial charge on any atom is 0.127 e. The Kier molecular flexibility index (Phi) is 4.19. The molecule has 4 nitrogen and oxygen atoms in total. The molecule has 0 aliphatic rings. The molecule has 1 aromatic rings. The highest BCUT2D eigenvalue weighted by atomic mass is 16.3. The van der Waals surface area contributed by atoms with Gasteiger partial charge in [0.15, 0.2) is 0 Å². The zero-order chi connectivity index (χ0) is 10.4. The van der Waals surface area contributed by atoms with E-state index >= 15 is 0 Å². The van der Waals surface area contributed by atoms with Crippen molar-refractivity contribution in [2.24, 2.45) is 0 Å². The molecule has 0 bridgehead atoms. The summed E-state index contributed by atoms with van der Waals surface area (Å²) in [5.41, 5.74) is 1.08. The zero-order valence-corrected chi connectivity index (χ0v) is 8.70. The van der Waals surface area contributed by atoms with E-state index in [1.807, 2.05) is 19.2 Å². The smallest absolute Gasteiger partial charge is 0.127 e. The molecule has 0 unspecified atom stereocenters. The number of aliphatic hydroxyl groups is 1. The van der Waals surface area contributed by atoms with E-state index in [-0.39, 0.29) is 6.61 Å². The summed E-state index contributed by atoms with van der Waals surface area (Å²) in [6, 6.07) is 3.92. The maximum atomic E-state index is 8.88. The normalized spacial score (nSPS) is 9.93. The van der Waals surface area contributed by atoms with E-state index < -0.39 is 0 Å². The number of rotatable bonds is 5. The standard InChI is InChI=1S/C10H17N3O/c1-3-13(6-7-14)9-4-5-12-10(8-9)11-2/h4-5,8,14H,3,6-7H2,1-2H3,(H,11,12). The van der Waals surface area contributed by atoms with Crippen molar-refractivity contribution >= 4 is 11.5 Å². The molecule has 78 valence electrons. The Balaban J connectivity index is 2.80. The van der Waals surface area contributed by atoms with Crippen LogP contribution in [0, 0.1) is 0 Å². The summed E-state index contributed by atoms with van der Waals surface area (Å²) in [6.45, 7) is 3.78. The van der Waals surface area contributed by atoms with Crippen LogP contribution in [0.15, 0.2) is 18.3 Å². The average molecular weight is 195 g/mol. The molecule has 1 aromatic heterocycles. The minimum Gasteiger partial charge on any atom is -0.395 e. The SMILES string of the molecule is CCN(CCO)c1ccnc(NC)c1. The highest BCUT2D eigenvalue weighted by Gasteiger charge is 2.03. The first-order valence-corrected chi connectivity index (χ1v) is 4.81. The fourth-order valence-corrected chi connectivity index (χ4v) is 1.34. The van der Waals surface area contributed by atoms with E-state index in [1.54, 1.807) is 6.20 Å². The van der Waals surface area contributed by atoms with Crippen LogP contribution in [0.3, 0.4) is 0 Å². The van der Waals surface area contributed by atoms with Gasteiger partial charge in [0.2, 0.25) is 0 Å². The molecule has 1 heterocycles. The van der Waals surface area contributed by atoms with Crippen molar-refractivity contribution in [3.05, 3.63) is 18.3 Å². The van der Waals surface area contributed by atoms with E-state index in [4.69, 9.17) is 5.11 Å². The van der Waals surface area contributed by atoms with Gasteiger partial charge in [-0.2, -0.15) is 0 Å². The molecule has 0 radical (unpaired) electrons. The van der Waals surface area contributed by atoms with Gasteiger partial charge in [-0.05, 0) is 13.0 Å². The highest BCUT2D eigenvalue weighted by molar-refractivity contribution is 5.53. The maximum absolute atomic E-state index is 8.88. The van der Waals surface area contributed by atoms with Gasteiger partial charge in [0, 0.05) is 38.1 Å². The Morgan fingerprint density at radius 3 is 2.93 bits per heavy atom. The van der Waals surface area contributed by atoms with Crippen molar-refractivity contribution in [3.63, 3.8) is 0 Å². The lowest BCUT2D eigenvalue weighted by molar-refractivity contribution is 0.302. The van der Waals surface area contributed by atoms with Crippen LogP contribution in [0.5, 0.6) is 0 Å². The van der Waals surface area contributed by atoms with Crippen molar-refractivity contribution < 1.29 is 5.11 Å². The van der Waals surface area contributed by atoms with Gasteiger partial charge in [-0.15, -0.1) is 0 Å². The van der Waals surface area contributed by atoms with Crippen molar-refractivity contribution in [1.82, 2.24) is 4.98 Å². The van der Waals surface area contributed by atoms with E-state index in [0.29, 0.717) is 6.54 Å². The third-order valence-electron chi connectivity index (χ3n) is 2.12. The van der Waals surface area contributed by atoms with Crippen LogP contribution in [0.2, 0.25) is 0 Å². The number of likely N-dealkylation sites (N-methyl/N-ethyl adjacent to an activating group) is 1. The van der Waals surface area contributed by atoms with E-state index in [9.17, 15) is 0 Å². The monoisotopic (exact) mass is 195 g/mol. The second-order valence-electron chi connectivity index (χ2n) is 2.95. The third-order valence-corrected chi connectivity index (χ3v) is 2.12. The first-order valence-electron chi connectivity index (χ1n) is 4.81. The van der Waals surface area contributed by atoms with Gasteiger partial charge in [-0.1, -0.05) is 0 Å². The van der Waals surface area contributed by atoms with Crippen LogP contribution in [0.4, 0.5) is 11.5 Å². The van der Waals surface area contributed by atoms with Gasteiger partial charge in [-0.3, -0.25) is 0 Å². The molecule has 0 aliphatic heterocycles. The summed E-state index contributed by atoms with van der Waals surface area (Å²) in [5.74, 6) is 0.846. The lowest BCUT2D eigenvalue weighted by atomic mass is 10.3. The average Bonchev–Trinajstić information content (AvgIpc) is 2.26. The second kappa shape index (κ2) is 5.44. The first-order chi connectivity index (χ1) is 6.81. The molecule has 14 heavy (non-hydrogen) atoms. The molecule has 0 spiro atoms. The fraction of sp³-hybridized carbons (Fsp3) is 0.500. The lowest BCUT2D eigenvalue weighted by Crippen LogP contribution is -2.26. The number of pyridine rings is 1. The van der Waals surface area contributed by atoms with Gasteiger partial charge < -0.3 is 15.3 Å². The van der Waals surface area contributed by atoms with Gasteiger partial charge in [0.1, 0.15) is 5.82 Å². The first kappa shape index (κ1) is 10.8. The predicted molar refractivity (Wildman–Crippen MR) is 58.8 cm³/mol. The van der Waals surface area contributed by atoms with Crippen molar-refractivity contribution in [2.45, 2.75) is 6.92 Å². The number of aromatic nitrogens is 1. The summed E-state index contributed by atoms with van der Waals surface area (Å²) in [6.07, 6.45) is 1.77. The van der Waals surface area contributed by atoms with Crippen LogP contribution >= 0.6 is 0 Å². The van der Waals surface area contributed by atoms with E-state index in [2.05, 4.69) is 22.1 Å². The zero-order valence-electron chi connectivity index (χ0n) is 8.70. The Hall–Kier alpha value is -1.29. The Morgan fingerprint density at radius 1 is 1.57 bits per heavy atom. The van der Waals surface area contributed by atoms with Crippen molar-refractivity contribution in [3.8, 4) is 0 Å². The summed E-state index contributed by atoms with van der Waals surface area (Å²) in [7, 11) is 1.84.